The van der Waals surface area contributed by atoms with Crippen molar-refractivity contribution in [2.45, 2.75) is 18.8 Å². The summed E-state index contributed by atoms with van der Waals surface area (Å²) in [5, 5.41) is 0. The largest absolute Gasteiger partial charge is 0.304 e. The van der Waals surface area contributed by atoms with E-state index in [2.05, 4.69) is 49.2 Å². The number of benzene rings is 1. The van der Waals surface area contributed by atoms with E-state index in [1.54, 1.807) is 0 Å². The van der Waals surface area contributed by atoms with Crippen LogP contribution >= 0.6 is 0 Å². The molecule has 0 bridgehead atoms. The van der Waals surface area contributed by atoms with Crippen LogP contribution in [0.5, 0.6) is 0 Å². The minimum Gasteiger partial charge on any atom is -0.304 e. The van der Waals surface area contributed by atoms with Crippen LogP contribution in [0.15, 0.2) is 30.3 Å². The Morgan fingerprint density at radius 1 is 1.23 bits per heavy atom. The fourth-order valence-electron chi connectivity index (χ4n) is 2.39. The van der Waals surface area contributed by atoms with Gasteiger partial charge in [0.05, 0.1) is 0 Å². The zero-order valence-electron chi connectivity index (χ0n) is 8.46. The second-order valence-electron chi connectivity index (χ2n) is 4.17. The molecule has 70 valence electrons. The molecule has 1 saturated heterocycles. The summed E-state index contributed by atoms with van der Waals surface area (Å²) in [4.78, 5) is 2.39. The van der Waals surface area contributed by atoms with Gasteiger partial charge >= 0.3 is 0 Å². The third-order valence-corrected chi connectivity index (χ3v) is 3.21. The van der Waals surface area contributed by atoms with Crippen molar-refractivity contribution in [1.29, 1.82) is 0 Å². The maximum Gasteiger partial charge on any atom is 0.0204 e. The van der Waals surface area contributed by atoms with Gasteiger partial charge in [-0.15, -0.1) is 0 Å². The molecule has 0 unspecified atom stereocenters. The van der Waals surface area contributed by atoms with Gasteiger partial charge in [-0.2, -0.15) is 0 Å². The van der Waals surface area contributed by atoms with Gasteiger partial charge in [-0.25, -0.2) is 0 Å². The van der Waals surface area contributed by atoms with Gasteiger partial charge in [-0.05, 0) is 19.0 Å². The summed E-state index contributed by atoms with van der Waals surface area (Å²) in [5.74, 6) is 0. The molecule has 0 saturated carbocycles. The summed E-state index contributed by atoms with van der Waals surface area (Å²) in [7, 11) is 2.19. The fraction of sp³-hybridized carbons (Fsp3) is 0.500. The van der Waals surface area contributed by atoms with Crippen molar-refractivity contribution < 1.29 is 0 Å². The lowest BCUT2D eigenvalue weighted by Gasteiger charge is -2.48. The Bertz CT molecular complexity index is 272. The zero-order chi connectivity index (χ0) is 9.31. The van der Waals surface area contributed by atoms with Crippen LogP contribution in [0.2, 0.25) is 0 Å². The van der Waals surface area contributed by atoms with Crippen LogP contribution in [-0.4, -0.2) is 25.0 Å². The van der Waals surface area contributed by atoms with E-state index in [4.69, 9.17) is 0 Å². The van der Waals surface area contributed by atoms with Crippen molar-refractivity contribution in [3.63, 3.8) is 0 Å². The van der Waals surface area contributed by atoms with Crippen LogP contribution in [-0.2, 0) is 5.41 Å². The van der Waals surface area contributed by atoms with Gasteiger partial charge < -0.3 is 4.90 Å². The van der Waals surface area contributed by atoms with Gasteiger partial charge in [0.1, 0.15) is 0 Å². The molecule has 0 atom stereocenters. The number of hydrogen-bond acceptors (Lipinski definition) is 1. The lowest BCUT2D eigenvalue weighted by atomic mass is 9.72. The van der Waals surface area contributed by atoms with Gasteiger partial charge in [0, 0.05) is 18.5 Å². The highest BCUT2D eigenvalue weighted by Crippen LogP contribution is 2.36. The molecule has 0 radical (unpaired) electrons. The normalized spacial score (nSPS) is 21.1. The molecule has 13 heavy (non-hydrogen) atoms. The molecule has 0 N–H and O–H groups in total. The third-order valence-electron chi connectivity index (χ3n) is 3.21. The summed E-state index contributed by atoms with van der Waals surface area (Å²) in [5.41, 5.74) is 1.96. The van der Waals surface area contributed by atoms with Crippen molar-refractivity contribution in [2.75, 3.05) is 20.1 Å². The Kier molecular flexibility index (Phi) is 2.12. The molecule has 1 aromatic rings. The average Bonchev–Trinajstić information content (AvgIpc) is 2.14. The standard InChI is InChI=1S/C12H17N/c1-3-12(9-13(2)10-12)11-7-5-4-6-8-11/h4-8H,3,9-10H2,1-2H3. The number of rotatable bonds is 2. The molecule has 0 amide bonds. The van der Waals surface area contributed by atoms with E-state index in [1.165, 1.54) is 25.1 Å². The molecule has 0 spiro atoms. The molecule has 1 nitrogen and oxygen atoms in total. The quantitative estimate of drug-likeness (QED) is 0.666. The Balaban J connectivity index is 2.24. The van der Waals surface area contributed by atoms with E-state index in [0.29, 0.717) is 5.41 Å². The number of likely N-dealkylation sites (tertiary alicyclic amines) is 1. The molecule has 1 heteroatoms. The number of likely N-dealkylation sites (N-methyl/N-ethyl adjacent to an activating group) is 1. The first-order valence-electron chi connectivity index (χ1n) is 5.01. The highest BCUT2D eigenvalue weighted by atomic mass is 15.2. The summed E-state index contributed by atoms with van der Waals surface area (Å²) in [6, 6.07) is 10.9. The Labute approximate surface area is 80.4 Å². The average molecular weight is 175 g/mol. The van der Waals surface area contributed by atoms with Crippen LogP contribution in [0.25, 0.3) is 0 Å². The van der Waals surface area contributed by atoms with Crippen molar-refractivity contribution in [1.82, 2.24) is 4.90 Å². The molecular weight excluding hydrogens is 158 g/mol. The maximum absolute atomic E-state index is 2.39. The van der Waals surface area contributed by atoms with E-state index in [1.807, 2.05) is 0 Å². The molecule has 1 aliphatic heterocycles. The summed E-state index contributed by atoms with van der Waals surface area (Å²) in [6.07, 6.45) is 1.25. The van der Waals surface area contributed by atoms with E-state index in [-0.39, 0.29) is 0 Å². The van der Waals surface area contributed by atoms with Crippen LogP contribution in [0.1, 0.15) is 18.9 Å². The molecule has 0 aromatic heterocycles. The number of nitrogens with zero attached hydrogens (tertiary/aromatic N) is 1. The maximum atomic E-state index is 2.39. The van der Waals surface area contributed by atoms with Gasteiger partial charge in [0.2, 0.25) is 0 Å². The summed E-state index contributed by atoms with van der Waals surface area (Å²) < 4.78 is 0. The van der Waals surface area contributed by atoms with E-state index in [9.17, 15) is 0 Å². The van der Waals surface area contributed by atoms with Crippen LogP contribution in [0.3, 0.4) is 0 Å². The smallest absolute Gasteiger partial charge is 0.0204 e. The Hall–Kier alpha value is -0.820. The SMILES string of the molecule is CCC1(c2ccccc2)CN(C)C1. The molecule has 2 rings (SSSR count). The minimum atomic E-state index is 0.454. The number of hydrogen-bond donors (Lipinski definition) is 0. The lowest BCUT2D eigenvalue weighted by molar-refractivity contribution is 0.0897. The van der Waals surface area contributed by atoms with E-state index < -0.39 is 0 Å². The van der Waals surface area contributed by atoms with Crippen molar-refractivity contribution in [2.24, 2.45) is 0 Å². The van der Waals surface area contributed by atoms with Crippen molar-refractivity contribution in [3.05, 3.63) is 35.9 Å². The van der Waals surface area contributed by atoms with Crippen LogP contribution in [0, 0.1) is 0 Å². The minimum absolute atomic E-state index is 0.454. The van der Waals surface area contributed by atoms with Crippen LogP contribution in [0.4, 0.5) is 0 Å². The zero-order valence-corrected chi connectivity index (χ0v) is 8.46. The van der Waals surface area contributed by atoms with Gasteiger partial charge in [0.15, 0.2) is 0 Å². The molecule has 1 aromatic carbocycles. The predicted octanol–water partition coefficient (Wildman–Crippen LogP) is 2.28. The predicted molar refractivity (Wildman–Crippen MR) is 55.9 cm³/mol. The van der Waals surface area contributed by atoms with E-state index >= 15 is 0 Å². The Morgan fingerprint density at radius 2 is 1.85 bits per heavy atom. The molecule has 1 heterocycles. The van der Waals surface area contributed by atoms with Crippen molar-refractivity contribution >= 4 is 0 Å². The summed E-state index contributed by atoms with van der Waals surface area (Å²) >= 11 is 0. The first kappa shape index (κ1) is 8.76. The monoisotopic (exact) mass is 175 g/mol. The molecular formula is C12H17N. The summed E-state index contributed by atoms with van der Waals surface area (Å²) in [6.45, 7) is 4.72. The second-order valence-corrected chi connectivity index (χ2v) is 4.17. The topological polar surface area (TPSA) is 3.24 Å². The second kappa shape index (κ2) is 3.15. The first-order chi connectivity index (χ1) is 6.27. The lowest BCUT2D eigenvalue weighted by Crippen LogP contribution is -2.57. The van der Waals surface area contributed by atoms with Gasteiger partial charge in [0.25, 0.3) is 0 Å². The van der Waals surface area contributed by atoms with Gasteiger partial charge in [-0.1, -0.05) is 37.3 Å². The van der Waals surface area contributed by atoms with Crippen LogP contribution < -0.4 is 0 Å². The molecule has 1 fully saturated rings. The Morgan fingerprint density at radius 3 is 2.31 bits per heavy atom. The van der Waals surface area contributed by atoms with Crippen molar-refractivity contribution in [3.8, 4) is 0 Å². The third kappa shape index (κ3) is 1.37. The molecule has 0 aliphatic carbocycles. The highest BCUT2D eigenvalue weighted by Gasteiger charge is 2.40. The van der Waals surface area contributed by atoms with E-state index in [0.717, 1.165) is 0 Å². The fourth-order valence-corrected chi connectivity index (χ4v) is 2.39. The van der Waals surface area contributed by atoms with Gasteiger partial charge in [-0.3, -0.25) is 0 Å². The first-order valence-corrected chi connectivity index (χ1v) is 5.01. The highest BCUT2D eigenvalue weighted by molar-refractivity contribution is 5.29. The molecule has 1 aliphatic rings.